The van der Waals surface area contributed by atoms with Crippen molar-refractivity contribution < 1.29 is 9.50 Å². The molecule has 0 aromatic heterocycles. The number of likely N-dealkylation sites (tertiary alicyclic amines) is 1. The maximum atomic E-state index is 13.1. The SMILES string of the molecule is CCC1CCCN(Cc2cc(O)cc(F)c2)C1. The highest BCUT2D eigenvalue weighted by Gasteiger charge is 2.18. The fourth-order valence-corrected chi connectivity index (χ4v) is 2.61. The zero-order chi connectivity index (χ0) is 12.3. The van der Waals surface area contributed by atoms with Crippen molar-refractivity contribution in [2.45, 2.75) is 32.7 Å². The quantitative estimate of drug-likeness (QED) is 0.873. The largest absolute Gasteiger partial charge is 0.508 e. The van der Waals surface area contributed by atoms with Crippen molar-refractivity contribution in [2.24, 2.45) is 5.92 Å². The van der Waals surface area contributed by atoms with Crippen molar-refractivity contribution >= 4 is 0 Å². The average molecular weight is 237 g/mol. The van der Waals surface area contributed by atoms with E-state index in [1.165, 1.54) is 25.3 Å². The number of aromatic hydroxyl groups is 1. The highest BCUT2D eigenvalue weighted by molar-refractivity contribution is 5.28. The molecule has 2 rings (SSSR count). The van der Waals surface area contributed by atoms with Gasteiger partial charge in [0.1, 0.15) is 11.6 Å². The lowest BCUT2D eigenvalue weighted by molar-refractivity contribution is 0.164. The van der Waals surface area contributed by atoms with Gasteiger partial charge in [-0.15, -0.1) is 0 Å². The Bertz CT molecular complexity index is 360. The molecule has 1 heterocycles. The zero-order valence-corrected chi connectivity index (χ0v) is 10.3. The maximum absolute atomic E-state index is 13.1. The van der Waals surface area contributed by atoms with Gasteiger partial charge >= 0.3 is 0 Å². The van der Waals surface area contributed by atoms with Crippen LogP contribution in [-0.2, 0) is 6.54 Å². The first kappa shape index (κ1) is 12.4. The van der Waals surface area contributed by atoms with E-state index in [0.717, 1.165) is 37.2 Å². The molecule has 0 amide bonds. The summed E-state index contributed by atoms with van der Waals surface area (Å²) in [7, 11) is 0. The monoisotopic (exact) mass is 237 g/mol. The van der Waals surface area contributed by atoms with Crippen LogP contribution in [0.5, 0.6) is 5.75 Å². The summed E-state index contributed by atoms with van der Waals surface area (Å²) >= 11 is 0. The molecule has 3 heteroatoms. The molecule has 1 fully saturated rings. The van der Waals surface area contributed by atoms with E-state index in [1.54, 1.807) is 6.07 Å². The molecule has 1 unspecified atom stereocenters. The van der Waals surface area contributed by atoms with Crippen molar-refractivity contribution in [1.82, 2.24) is 4.90 Å². The number of benzene rings is 1. The second kappa shape index (κ2) is 5.50. The lowest BCUT2D eigenvalue weighted by atomic mass is 9.95. The molecule has 1 saturated heterocycles. The smallest absolute Gasteiger partial charge is 0.127 e. The summed E-state index contributed by atoms with van der Waals surface area (Å²) in [6.07, 6.45) is 3.74. The first-order valence-corrected chi connectivity index (χ1v) is 6.38. The average Bonchev–Trinajstić information content (AvgIpc) is 2.28. The van der Waals surface area contributed by atoms with Gasteiger partial charge in [-0.05, 0) is 43.0 Å². The van der Waals surface area contributed by atoms with E-state index in [4.69, 9.17) is 0 Å². The molecule has 1 N–H and O–H groups in total. The number of phenols is 1. The van der Waals surface area contributed by atoms with Crippen molar-refractivity contribution in [3.8, 4) is 5.75 Å². The highest BCUT2D eigenvalue weighted by Crippen LogP contribution is 2.22. The van der Waals surface area contributed by atoms with Crippen LogP contribution in [0.2, 0.25) is 0 Å². The number of piperidine rings is 1. The molecule has 1 atom stereocenters. The minimum Gasteiger partial charge on any atom is -0.508 e. The predicted octanol–water partition coefficient (Wildman–Crippen LogP) is 3.15. The topological polar surface area (TPSA) is 23.5 Å². The summed E-state index contributed by atoms with van der Waals surface area (Å²) < 4.78 is 13.1. The van der Waals surface area contributed by atoms with Gasteiger partial charge in [0.2, 0.25) is 0 Å². The second-order valence-corrected chi connectivity index (χ2v) is 4.97. The Balaban J connectivity index is 2.00. The highest BCUT2D eigenvalue weighted by atomic mass is 19.1. The molecule has 1 aliphatic rings. The fourth-order valence-electron chi connectivity index (χ4n) is 2.61. The van der Waals surface area contributed by atoms with E-state index < -0.39 is 0 Å². The molecule has 1 aliphatic heterocycles. The molecule has 17 heavy (non-hydrogen) atoms. The van der Waals surface area contributed by atoms with Crippen molar-refractivity contribution in [3.05, 3.63) is 29.6 Å². The van der Waals surface area contributed by atoms with Gasteiger partial charge in [0.25, 0.3) is 0 Å². The Hall–Kier alpha value is -1.09. The van der Waals surface area contributed by atoms with Crippen LogP contribution in [0.4, 0.5) is 4.39 Å². The summed E-state index contributed by atoms with van der Waals surface area (Å²) in [5.41, 5.74) is 0.860. The Kier molecular flexibility index (Phi) is 4.00. The summed E-state index contributed by atoms with van der Waals surface area (Å²) in [6.45, 7) is 5.13. The molecule has 2 nitrogen and oxygen atoms in total. The van der Waals surface area contributed by atoms with Crippen LogP contribution in [0.1, 0.15) is 31.7 Å². The lowest BCUT2D eigenvalue weighted by Crippen LogP contribution is -2.34. The van der Waals surface area contributed by atoms with Crippen LogP contribution in [0, 0.1) is 11.7 Å². The van der Waals surface area contributed by atoms with Crippen LogP contribution < -0.4 is 0 Å². The first-order valence-electron chi connectivity index (χ1n) is 6.38. The van der Waals surface area contributed by atoms with Crippen molar-refractivity contribution in [1.29, 1.82) is 0 Å². The molecule has 0 spiro atoms. The summed E-state index contributed by atoms with van der Waals surface area (Å²) in [5, 5.41) is 9.36. The third-order valence-corrected chi connectivity index (χ3v) is 3.53. The normalized spacial score (nSPS) is 21.6. The van der Waals surface area contributed by atoms with Gasteiger partial charge in [-0.3, -0.25) is 4.90 Å². The van der Waals surface area contributed by atoms with Gasteiger partial charge in [-0.1, -0.05) is 13.3 Å². The van der Waals surface area contributed by atoms with E-state index in [-0.39, 0.29) is 11.6 Å². The second-order valence-electron chi connectivity index (χ2n) is 4.97. The van der Waals surface area contributed by atoms with E-state index in [9.17, 15) is 9.50 Å². The molecule has 0 radical (unpaired) electrons. The van der Waals surface area contributed by atoms with E-state index in [1.807, 2.05) is 0 Å². The molecule has 0 aliphatic carbocycles. The predicted molar refractivity (Wildman–Crippen MR) is 66.4 cm³/mol. The van der Waals surface area contributed by atoms with Gasteiger partial charge in [0.05, 0.1) is 0 Å². The van der Waals surface area contributed by atoms with Crippen molar-refractivity contribution in [2.75, 3.05) is 13.1 Å². The van der Waals surface area contributed by atoms with Gasteiger partial charge in [0, 0.05) is 19.2 Å². The number of phenolic OH excluding ortho intramolecular Hbond substituents is 1. The molecular formula is C14H20FNO. The molecule has 0 saturated carbocycles. The summed E-state index contributed by atoms with van der Waals surface area (Å²) in [6, 6.07) is 4.31. The Morgan fingerprint density at radius 3 is 2.94 bits per heavy atom. The summed E-state index contributed by atoms with van der Waals surface area (Å²) in [4.78, 5) is 2.35. The minimum absolute atomic E-state index is 0.0176. The fraction of sp³-hybridized carbons (Fsp3) is 0.571. The van der Waals surface area contributed by atoms with E-state index >= 15 is 0 Å². The molecule has 94 valence electrons. The molecular weight excluding hydrogens is 217 g/mol. The number of rotatable bonds is 3. The van der Waals surface area contributed by atoms with Crippen molar-refractivity contribution in [3.63, 3.8) is 0 Å². The molecule has 1 aromatic carbocycles. The van der Waals surface area contributed by atoms with E-state index in [0.29, 0.717) is 0 Å². The number of halogens is 1. The molecule has 0 bridgehead atoms. The third kappa shape index (κ3) is 3.43. The summed E-state index contributed by atoms with van der Waals surface area (Å²) in [5.74, 6) is 0.430. The van der Waals surface area contributed by atoms with Gasteiger partial charge in [0.15, 0.2) is 0 Å². The van der Waals surface area contributed by atoms with E-state index in [2.05, 4.69) is 11.8 Å². The Labute approximate surface area is 102 Å². The van der Waals surface area contributed by atoms with Crippen LogP contribution in [0.15, 0.2) is 18.2 Å². The number of hydrogen-bond donors (Lipinski definition) is 1. The number of nitrogens with zero attached hydrogens (tertiary/aromatic N) is 1. The maximum Gasteiger partial charge on any atom is 0.127 e. The van der Waals surface area contributed by atoms with Crippen LogP contribution in [0.3, 0.4) is 0 Å². The lowest BCUT2D eigenvalue weighted by Gasteiger charge is -2.32. The third-order valence-electron chi connectivity index (χ3n) is 3.53. The van der Waals surface area contributed by atoms with Gasteiger partial charge in [-0.2, -0.15) is 0 Å². The Morgan fingerprint density at radius 2 is 2.24 bits per heavy atom. The molecule has 1 aromatic rings. The van der Waals surface area contributed by atoms with Gasteiger partial charge < -0.3 is 5.11 Å². The van der Waals surface area contributed by atoms with Crippen LogP contribution in [-0.4, -0.2) is 23.1 Å². The number of hydrogen-bond acceptors (Lipinski definition) is 2. The van der Waals surface area contributed by atoms with Crippen LogP contribution >= 0.6 is 0 Å². The van der Waals surface area contributed by atoms with Crippen LogP contribution in [0.25, 0.3) is 0 Å². The minimum atomic E-state index is -0.357. The Morgan fingerprint density at radius 1 is 1.41 bits per heavy atom. The zero-order valence-electron chi connectivity index (χ0n) is 10.3. The first-order chi connectivity index (χ1) is 8.17. The van der Waals surface area contributed by atoms with Gasteiger partial charge in [-0.25, -0.2) is 4.39 Å². The standard InChI is InChI=1S/C14H20FNO/c1-2-11-4-3-5-16(9-11)10-12-6-13(15)8-14(17)7-12/h6-8,11,17H,2-5,9-10H2,1H3.